The summed E-state index contributed by atoms with van der Waals surface area (Å²) < 4.78 is 24.6. The van der Waals surface area contributed by atoms with Crippen molar-refractivity contribution in [1.29, 1.82) is 0 Å². The minimum atomic E-state index is -1.08. The lowest BCUT2D eigenvalue weighted by Crippen LogP contribution is -2.57. The minimum Gasteiger partial charge on any atom is -0.367 e. The third-order valence-electron chi connectivity index (χ3n) is 5.36. The van der Waals surface area contributed by atoms with E-state index in [2.05, 4.69) is 57.8 Å². The molecule has 150 valence electrons. The highest BCUT2D eigenvalue weighted by Gasteiger charge is 2.54. The molecule has 2 bridgehead atoms. The average molecular weight is 391 g/mol. The number of hydrogen-bond donors (Lipinski definition) is 0. The maximum absolute atomic E-state index is 6.32. The van der Waals surface area contributed by atoms with E-state index < -0.39 is 13.7 Å². The van der Waals surface area contributed by atoms with Gasteiger partial charge in [0.15, 0.2) is 0 Å². The molecule has 2 heterocycles. The van der Waals surface area contributed by atoms with Gasteiger partial charge in [-0.3, -0.25) is 0 Å². The summed E-state index contributed by atoms with van der Waals surface area (Å²) in [7, 11) is -1.08. The van der Waals surface area contributed by atoms with Crippen LogP contribution in [0.1, 0.15) is 25.8 Å². The molecule has 5 heteroatoms. The lowest BCUT2D eigenvalue weighted by Gasteiger charge is -2.46. The maximum Gasteiger partial charge on any atom is 0.147 e. The SMILES string of the molecule is CC12C=CC(C)(O1)[C@@H](OCc1ccccc1)[C@@H](OCOCC[Si](C)(C)C)C2. The van der Waals surface area contributed by atoms with E-state index in [-0.39, 0.29) is 17.8 Å². The fourth-order valence-corrected chi connectivity index (χ4v) is 4.56. The molecule has 0 N–H and O–H groups in total. The monoisotopic (exact) mass is 390 g/mol. The summed E-state index contributed by atoms with van der Waals surface area (Å²) >= 11 is 0. The average Bonchev–Trinajstić information content (AvgIpc) is 2.85. The Morgan fingerprint density at radius 3 is 2.52 bits per heavy atom. The van der Waals surface area contributed by atoms with Gasteiger partial charge in [-0.25, -0.2) is 0 Å². The first-order valence-electron chi connectivity index (χ1n) is 9.95. The van der Waals surface area contributed by atoms with Crippen molar-refractivity contribution >= 4 is 8.07 Å². The standard InChI is InChI=1S/C22H34O4Si/c1-21-11-12-22(2,26-21)20(24-16-18-9-7-6-8-10-18)19(15-21)25-17-23-13-14-27(3,4)5/h6-12,19-20H,13-17H2,1-5H3/t19-,20-,21?,22?/m0/s1. The Bertz CT molecular complexity index is 641. The predicted molar refractivity (Wildman–Crippen MR) is 111 cm³/mol. The summed E-state index contributed by atoms with van der Waals surface area (Å²) in [4.78, 5) is 0. The van der Waals surface area contributed by atoms with Crippen LogP contribution in [-0.2, 0) is 25.6 Å². The summed E-state index contributed by atoms with van der Waals surface area (Å²) in [6.07, 6.45) is 4.85. The second-order valence-corrected chi connectivity index (χ2v) is 15.0. The van der Waals surface area contributed by atoms with E-state index in [0.717, 1.165) is 24.6 Å². The van der Waals surface area contributed by atoms with Crippen LogP contribution in [0.2, 0.25) is 25.7 Å². The van der Waals surface area contributed by atoms with Gasteiger partial charge in [0.1, 0.15) is 18.5 Å². The van der Waals surface area contributed by atoms with Crippen LogP contribution in [0.5, 0.6) is 0 Å². The Morgan fingerprint density at radius 2 is 1.81 bits per heavy atom. The van der Waals surface area contributed by atoms with Crippen molar-refractivity contribution in [1.82, 2.24) is 0 Å². The number of fused-ring (bicyclic) bond motifs is 2. The molecular weight excluding hydrogens is 356 g/mol. The molecule has 4 atom stereocenters. The Labute approximate surface area is 164 Å². The largest absolute Gasteiger partial charge is 0.367 e. The first-order chi connectivity index (χ1) is 12.7. The molecule has 3 rings (SSSR count). The van der Waals surface area contributed by atoms with E-state index in [1.54, 1.807) is 0 Å². The van der Waals surface area contributed by atoms with Crippen molar-refractivity contribution in [3.8, 4) is 0 Å². The molecule has 2 aliphatic rings. The van der Waals surface area contributed by atoms with E-state index in [1.807, 2.05) is 18.2 Å². The lowest BCUT2D eigenvalue weighted by atomic mass is 9.88. The van der Waals surface area contributed by atoms with Gasteiger partial charge >= 0.3 is 0 Å². The first-order valence-corrected chi connectivity index (χ1v) is 13.7. The molecule has 0 amide bonds. The zero-order valence-corrected chi connectivity index (χ0v) is 18.4. The van der Waals surface area contributed by atoms with Crippen molar-refractivity contribution in [3.63, 3.8) is 0 Å². The molecule has 1 saturated heterocycles. The molecule has 1 aromatic carbocycles. The number of hydrogen-bond acceptors (Lipinski definition) is 4. The third-order valence-corrected chi connectivity index (χ3v) is 7.07. The van der Waals surface area contributed by atoms with E-state index >= 15 is 0 Å². The van der Waals surface area contributed by atoms with Crippen LogP contribution in [0.15, 0.2) is 42.5 Å². The van der Waals surface area contributed by atoms with Gasteiger partial charge in [0.2, 0.25) is 0 Å². The number of ether oxygens (including phenoxy) is 4. The van der Waals surface area contributed by atoms with Crippen molar-refractivity contribution < 1.29 is 18.9 Å². The van der Waals surface area contributed by atoms with Crippen LogP contribution >= 0.6 is 0 Å². The second-order valence-electron chi connectivity index (χ2n) is 9.40. The maximum atomic E-state index is 6.32. The quantitative estimate of drug-likeness (QED) is 0.263. The summed E-state index contributed by atoms with van der Waals surface area (Å²) in [5, 5.41) is 0. The fraction of sp³-hybridized carbons (Fsp3) is 0.636. The van der Waals surface area contributed by atoms with Crippen molar-refractivity contribution in [2.45, 2.75) is 76.0 Å². The Hall–Kier alpha value is -0.983. The van der Waals surface area contributed by atoms with Gasteiger partial charge in [0.25, 0.3) is 0 Å². The topological polar surface area (TPSA) is 36.9 Å². The summed E-state index contributed by atoms with van der Waals surface area (Å²) in [5.74, 6) is 0. The van der Waals surface area contributed by atoms with Crippen molar-refractivity contribution in [3.05, 3.63) is 48.0 Å². The van der Waals surface area contributed by atoms with Crippen LogP contribution in [0.25, 0.3) is 0 Å². The highest BCUT2D eigenvalue weighted by molar-refractivity contribution is 6.76. The van der Waals surface area contributed by atoms with E-state index in [4.69, 9.17) is 18.9 Å². The van der Waals surface area contributed by atoms with E-state index in [0.29, 0.717) is 13.4 Å². The van der Waals surface area contributed by atoms with Gasteiger partial charge in [-0.2, -0.15) is 0 Å². The molecule has 2 unspecified atom stereocenters. The number of benzene rings is 1. The summed E-state index contributed by atoms with van der Waals surface area (Å²) in [5.41, 5.74) is 0.399. The Morgan fingerprint density at radius 1 is 1.07 bits per heavy atom. The van der Waals surface area contributed by atoms with Crippen LogP contribution in [0.3, 0.4) is 0 Å². The van der Waals surface area contributed by atoms with Crippen molar-refractivity contribution in [2.75, 3.05) is 13.4 Å². The molecule has 0 radical (unpaired) electrons. The zero-order chi connectivity index (χ0) is 19.5. The van der Waals surface area contributed by atoms with Gasteiger partial charge in [0, 0.05) is 21.1 Å². The fourth-order valence-electron chi connectivity index (χ4n) is 3.80. The molecule has 0 aromatic heterocycles. The van der Waals surface area contributed by atoms with Gasteiger partial charge in [-0.05, 0) is 25.5 Å². The smallest absolute Gasteiger partial charge is 0.147 e. The van der Waals surface area contributed by atoms with Gasteiger partial charge in [-0.15, -0.1) is 0 Å². The van der Waals surface area contributed by atoms with E-state index in [9.17, 15) is 0 Å². The van der Waals surface area contributed by atoms with Gasteiger partial charge in [0.05, 0.1) is 18.3 Å². The van der Waals surface area contributed by atoms with Crippen LogP contribution < -0.4 is 0 Å². The molecular formula is C22H34O4Si. The van der Waals surface area contributed by atoms with E-state index in [1.165, 1.54) is 0 Å². The van der Waals surface area contributed by atoms with Crippen LogP contribution in [-0.4, -0.2) is 44.9 Å². The third kappa shape index (κ3) is 5.52. The Kier molecular flexibility index (Phi) is 6.28. The molecule has 0 saturated carbocycles. The second kappa shape index (κ2) is 8.17. The number of rotatable bonds is 9. The van der Waals surface area contributed by atoms with Crippen LogP contribution in [0.4, 0.5) is 0 Å². The Balaban J connectivity index is 1.59. The molecule has 27 heavy (non-hydrogen) atoms. The molecule has 0 spiro atoms. The molecule has 4 nitrogen and oxygen atoms in total. The minimum absolute atomic E-state index is 0.0562. The molecule has 2 aliphatic heterocycles. The van der Waals surface area contributed by atoms with Gasteiger partial charge < -0.3 is 18.9 Å². The lowest BCUT2D eigenvalue weighted by molar-refractivity contribution is -0.251. The predicted octanol–water partition coefficient (Wildman–Crippen LogP) is 4.78. The van der Waals surface area contributed by atoms with Crippen molar-refractivity contribution in [2.24, 2.45) is 0 Å². The molecule has 1 fully saturated rings. The molecule has 0 aliphatic carbocycles. The highest BCUT2D eigenvalue weighted by atomic mass is 28.3. The highest BCUT2D eigenvalue weighted by Crippen LogP contribution is 2.45. The summed E-state index contributed by atoms with van der Waals surface area (Å²) in [6, 6.07) is 11.4. The normalized spacial score (nSPS) is 32.8. The molecule has 1 aromatic rings. The van der Waals surface area contributed by atoms with Gasteiger partial charge in [-0.1, -0.05) is 62.1 Å². The summed E-state index contributed by atoms with van der Waals surface area (Å²) in [6.45, 7) is 12.9. The van der Waals surface area contributed by atoms with Crippen LogP contribution in [0, 0.1) is 0 Å². The first kappa shape index (κ1) is 20.7. The zero-order valence-electron chi connectivity index (χ0n) is 17.4.